The number of piperidine rings is 1. The standard InChI is InChI=1S/C12H21N3O3/c1-8(2)14-11(16)10(9(13)12(17)18)15-6-4-3-5-7-15/h8H,3-7,13H2,1-2H3,(H,14,16)(H,17,18)/b10-9-. The lowest BCUT2D eigenvalue weighted by Crippen LogP contribution is -2.42. The van der Waals surface area contributed by atoms with Gasteiger partial charge in [-0.2, -0.15) is 0 Å². The number of nitrogens with one attached hydrogen (secondary N) is 1. The average Bonchev–Trinajstić information content (AvgIpc) is 2.29. The Balaban J connectivity index is 2.98. The van der Waals surface area contributed by atoms with E-state index in [0.29, 0.717) is 13.1 Å². The van der Waals surface area contributed by atoms with Crippen molar-refractivity contribution in [3.05, 3.63) is 11.4 Å². The average molecular weight is 255 g/mol. The second-order valence-electron chi connectivity index (χ2n) is 4.74. The number of rotatable bonds is 4. The zero-order chi connectivity index (χ0) is 13.7. The largest absolute Gasteiger partial charge is 0.477 e. The molecule has 0 aromatic rings. The summed E-state index contributed by atoms with van der Waals surface area (Å²) in [7, 11) is 0. The van der Waals surface area contributed by atoms with Gasteiger partial charge >= 0.3 is 5.97 Å². The number of hydrogen-bond acceptors (Lipinski definition) is 4. The maximum atomic E-state index is 12.0. The molecule has 102 valence electrons. The molecule has 1 aliphatic rings. The summed E-state index contributed by atoms with van der Waals surface area (Å²) in [5, 5.41) is 11.7. The van der Waals surface area contributed by atoms with Gasteiger partial charge in [0.15, 0.2) is 0 Å². The second-order valence-corrected chi connectivity index (χ2v) is 4.74. The molecule has 0 bridgehead atoms. The maximum Gasteiger partial charge on any atom is 0.354 e. The van der Waals surface area contributed by atoms with Gasteiger partial charge in [0.1, 0.15) is 11.4 Å². The molecule has 1 rings (SSSR count). The molecule has 4 N–H and O–H groups in total. The Bertz CT molecular complexity index is 358. The van der Waals surface area contributed by atoms with E-state index in [4.69, 9.17) is 10.8 Å². The van der Waals surface area contributed by atoms with Crippen molar-refractivity contribution in [3.63, 3.8) is 0 Å². The van der Waals surface area contributed by atoms with Crippen LogP contribution in [0.2, 0.25) is 0 Å². The lowest BCUT2D eigenvalue weighted by Gasteiger charge is -2.31. The summed E-state index contributed by atoms with van der Waals surface area (Å²) in [6, 6.07) is -0.0566. The van der Waals surface area contributed by atoms with Gasteiger partial charge in [-0.15, -0.1) is 0 Å². The van der Waals surface area contributed by atoms with Crippen LogP contribution in [0.3, 0.4) is 0 Å². The number of amides is 1. The van der Waals surface area contributed by atoms with Crippen molar-refractivity contribution < 1.29 is 14.7 Å². The zero-order valence-electron chi connectivity index (χ0n) is 10.9. The summed E-state index contributed by atoms with van der Waals surface area (Å²) in [6.07, 6.45) is 3.00. The highest BCUT2D eigenvalue weighted by molar-refractivity contribution is 6.01. The van der Waals surface area contributed by atoms with Crippen LogP contribution in [0.1, 0.15) is 33.1 Å². The lowest BCUT2D eigenvalue weighted by molar-refractivity contribution is -0.133. The fourth-order valence-corrected chi connectivity index (χ4v) is 1.99. The SMILES string of the molecule is CC(C)NC(=O)/C(=C(/N)C(=O)O)N1CCCCC1. The first-order chi connectivity index (χ1) is 8.43. The van der Waals surface area contributed by atoms with Crippen LogP contribution >= 0.6 is 0 Å². The monoisotopic (exact) mass is 255 g/mol. The van der Waals surface area contributed by atoms with E-state index in [1.165, 1.54) is 0 Å². The molecule has 6 heteroatoms. The maximum absolute atomic E-state index is 12.0. The van der Waals surface area contributed by atoms with E-state index >= 15 is 0 Å². The lowest BCUT2D eigenvalue weighted by atomic mass is 10.1. The van der Waals surface area contributed by atoms with Crippen LogP contribution < -0.4 is 11.1 Å². The summed E-state index contributed by atoms with van der Waals surface area (Å²) in [4.78, 5) is 24.8. The van der Waals surface area contributed by atoms with E-state index in [2.05, 4.69) is 5.32 Å². The van der Waals surface area contributed by atoms with Crippen molar-refractivity contribution in [3.8, 4) is 0 Å². The minimum atomic E-state index is -1.26. The van der Waals surface area contributed by atoms with E-state index in [9.17, 15) is 9.59 Å². The Hall–Kier alpha value is -1.72. The topological polar surface area (TPSA) is 95.7 Å². The second kappa shape index (κ2) is 6.28. The first kappa shape index (κ1) is 14.3. The number of nitrogens with two attached hydrogens (primary N) is 1. The summed E-state index contributed by atoms with van der Waals surface area (Å²) in [6.45, 7) is 5.00. The molecule has 0 aromatic carbocycles. The van der Waals surface area contributed by atoms with Gasteiger partial charge in [0.2, 0.25) is 0 Å². The molecule has 1 amide bonds. The molecule has 0 aromatic heterocycles. The predicted octanol–water partition coefficient (Wildman–Crippen LogP) is 0.252. The quantitative estimate of drug-likeness (QED) is 0.626. The smallest absolute Gasteiger partial charge is 0.354 e. The van der Waals surface area contributed by atoms with Gasteiger partial charge < -0.3 is 21.1 Å². The molecule has 1 heterocycles. The van der Waals surface area contributed by atoms with Crippen molar-refractivity contribution in [1.29, 1.82) is 0 Å². The highest BCUT2D eigenvalue weighted by Crippen LogP contribution is 2.16. The molecule has 0 atom stereocenters. The highest BCUT2D eigenvalue weighted by atomic mass is 16.4. The van der Waals surface area contributed by atoms with Gasteiger partial charge in [-0.25, -0.2) is 4.79 Å². The Morgan fingerprint density at radius 3 is 2.22 bits per heavy atom. The Kier molecular flexibility index (Phi) is 5.00. The Morgan fingerprint density at radius 1 is 1.22 bits per heavy atom. The van der Waals surface area contributed by atoms with Crippen LogP contribution in [0, 0.1) is 0 Å². The van der Waals surface area contributed by atoms with Gasteiger partial charge in [-0.3, -0.25) is 4.79 Å². The first-order valence-electron chi connectivity index (χ1n) is 6.22. The summed E-state index contributed by atoms with van der Waals surface area (Å²) >= 11 is 0. The molecular formula is C12H21N3O3. The third-order valence-corrected chi connectivity index (χ3v) is 2.79. The summed E-state index contributed by atoms with van der Waals surface area (Å²) < 4.78 is 0. The van der Waals surface area contributed by atoms with Crippen LogP contribution in [-0.4, -0.2) is 41.0 Å². The van der Waals surface area contributed by atoms with E-state index in [1.54, 1.807) is 4.90 Å². The number of carbonyl (C=O) groups is 2. The number of hydrogen-bond donors (Lipinski definition) is 3. The molecule has 18 heavy (non-hydrogen) atoms. The minimum absolute atomic E-state index is 0.0566. The van der Waals surface area contributed by atoms with E-state index in [1.807, 2.05) is 13.8 Å². The summed E-state index contributed by atoms with van der Waals surface area (Å²) in [5.41, 5.74) is 5.26. The molecule has 0 radical (unpaired) electrons. The number of carboxylic acid groups (broad SMARTS) is 1. The van der Waals surface area contributed by atoms with Crippen molar-refractivity contribution in [1.82, 2.24) is 10.2 Å². The Labute approximate surface area is 107 Å². The third-order valence-electron chi connectivity index (χ3n) is 2.79. The normalized spacial score (nSPS) is 17.4. The molecule has 0 unspecified atom stereocenters. The number of aliphatic carboxylic acids is 1. The molecule has 1 aliphatic heterocycles. The molecule has 0 saturated carbocycles. The third kappa shape index (κ3) is 3.65. The van der Waals surface area contributed by atoms with Gasteiger partial charge in [0, 0.05) is 19.1 Å². The van der Waals surface area contributed by atoms with Crippen LogP contribution in [-0.2, 0) is 9.59 Å². The van der Waals surface area contributed by atoms with E-state index < -0.39 is 11.9 Å². The van der Waals surface area contributed by atoms with Crippen molar-refractivity contribution in [2.75, 3.05) is 13.1 Å². The fourth-order valence-electron chi connectivity index (χ4n) is 1.99. The molecule has 1 saturated heterocycles. The van der Waals surface area contributed by atoms with Gasteiger partial charge in [0.25, 0.3) is 5.91 Å². The van der Waals surface area contributed by atoms with Crippen LogP contribution in [0.5, 0.6) is 0 Å². The van der Waals surface area contributed by atoms with Gasteiger partial charge in [-0.1, -0.05) is 0 Å². The van der Waals surface area contributed by atoms with E-state index in [-0.39, 0.29) is 17.4 Å². The molecular weight excluding hydrogens is 234 g/mol. The minimum Gasteiger partial charge on any atom is -0.477 e. The predicted molar refractivity (Wildman–Crippen MR) is 67.6 cm³/mol. The van der Waals surface area contributed by atoms with Crippen molar-refractivity contribution >= 4 is 11.9 Å². The van der Waals surface area contributed by atoms with Gasteiger partial charge in [0.05, 0.1) is 0 Å². The first-order valence-corrected chi connectivity index (χ1v) is 6.22. The molecule has 0 spiro atoms. The van der Waals surface area contributed by atoms with Crippen LogP contribution in [0.25, 0.3) is 0 Å². The highest BCUT2D eigenvalue weighted by Gasteiger charge is 2.25. The zero-order valence-corrected chi connectivity index (χ0v) is 10.9. The van der Waals surface area contributed by atoms with Gasteiger partial charge in [-0.05, 0) is 33.1 Å². The molecule has 6 nitrogen and oxygen atoms in total. The fraction of sp³-hybridized carbons (Fsp3) is 0.667. The van der Waals surface area contributed by atoms with Crippen LogP contribution in [0.15, 0.2) is 11.4 Å². The Morgan fingerprint density at radius 2 is 1.78 bits per heavy atom. The van der Waals surface area contributed by atoms with Crippen molar-refractivity contribution in [2.45, 2.75) is 39.2 Å². The number of carboxylic acids is 1. The van der Waals surface area contributed by atoms with Crippen LogP contribution in [0.4, 0.5) is 0 Å². The number of carbonyl (C=O) groups excluding carboxylic acids is 1. The van der Waals surface area contributed by atoms with E-state index in [0.717, 1.165) is 19.3 Å². The van der Waals surface area contributed by atoms with Crippen molar-refractivity contribution in [2.24, 2.45) is 5.73 Å². The number of nitrogens with zero attached hydrogens (tertiary/aromatic N) is 1. The molecule has 0 aliphatic carbocycles. The number of likely N-dealkylation sites (tertiary alicyclic amines) is 1. The summed E-state index contributed by atoms with van der Waals surface area (Å²) in [5.74, 6) is -1.67. The molecule has 1 fully saturated rings.